The van der Waals surface area contributed by atoms with Gasteiger partial charge < -0.3 is 10.0 Å². The summed E-state index contributed by atoms with van der Waals surface area (Å²) >= 11 is 0. The van der Waals surface area contributed by atoms with E-state index in [4.69, 9.17) is 0 Å². The number of amides is 1. The molecule has 2 rings (SSSR count). The fourth-order valence-corrected chi connectivity index (χ4v) is 2.42. The van der Waals surface area contributed by atoms with Crippen molar-refractivity contribution >= 4 is 5.91 Å². The average Bonchev–Trinajstić information content (AvgIpc) is 2.38. The number of phenolic OH excluding ortho intramolecular Hbond substituents is 1. The van der Waals surface area contributed by atoms with Gasteiger partial charge >= 0.3 is 0 Å². The van der Waals surface area contributed by atoms with E-state index in [9.17, 15) is 9.90 Å². The van der Waals surface area contributed by atoms with Gasteiger partial charge in [-0.2, -0.15) is 0 Å². The highest BCUT2D eigenvalue weighted by atomic mass is 16.3. The molecule has 1 saturated heterocycles. The highest BCUT2D eigenvalue weighted by Crippen LogP contribution is 2.24. The van der Waals surface area contributed by atoms with E-state index in [1.165, 1.54) is 0 Å². The molecule has 1 amide bonds. The molecule has 4 nitrogen and oxygen atoms in total. The summed E-state index contributed by atoms with van der Waals surface area (Å²) in [6.07, 6.45) is 0. The van der Waals surface area contributed by atoms with Gasteiger partial charge in [-0.25, -0.2) is 0 Å². The summed E-state index contributed by atoms with van der Waals surface area (Å²) in [6.45, 7) is 7.11. The SMILES string of the molecule is CC(=O)N1CCN(C(C)c2cccc(O)c2)CC1. The van der Waals surface area contributed by atoms with Gasteiger partial charge in [-0.1, -0.05) is 12.1 Å². The Balaban J connectivity index is 1.99. The van der Waals surface area contributed by atoms with Crippen molar-refractivity contribution < 1.29 is 9.90 Å². The van der Waals surface area contributed by atoms with Gasteiger partial charge in [0.25, 0.3) is 0 Å². The van der Waals surface area contributed by atoms with Gasteiger partial charge in [-0.3, -0.25) is 9.69 Å². The second-order valence-corrected chi connectivity index (χ2v) is 4.81. The molecule has 0 radical (unpaired) electrons. The Labute approximate surface area is 108 Å². The van der Waals surface area contributed by atoms with Crippen LogP contribution >= 0.6 is 0 Å². The van der Waals surface area contributed by atoms with Crippen LogP contribution in [0, 0.1) is 0 Å². The smallest absolute Gasteiger partial charge is 0.219 e. The van der Waals surface area contributed by atoms with Crippen molar-refractivity contribution in [2.45, 2.75) is 19.9 Å². The van der Waals surface area contributed by atoms with Gasteiger partial charge in [0.1, 0.15) is 5.75 Å². The molecular formula is C14H20N2O2. The molecule has 0 saturated carbocycles. The van der Waals surface area contributed by atoms with Gasteiger partial charge in [0.05, 0.1) is 0 Å². The van der Waals surface area contributed by atoms with Gasteiger partial charge in [-0.15, -0.1) is 0 Å². The van der Waals surface area contributed by atoms with E-state index in [2.05, 4.69) is 11.8 Å². The van der Waals surface area contributed by atoms with Crippen molar-refractivity contribution in [2.75, 3.05) is 26.2 Å². The highest BCUT2D eigenvalue weighted by Gasteiger charge is 2.23. The van der Waals surface area contributed by atoms with E-state index in [-0.39, 0.29) is 11.9 Å². The largest absolute Gasteiger partial charge is 0.508 e. The second kappa shape index (κ2) is 5.40. The van der Waals surface area contributed by atoms with Gasteiger partial charge in [0.2, 0.25) is 5.91 Å². The van der Waals surface area contributed by atoms with Crippen molar-refractivity contribution in [3.63, 3.8) is 0 Å². The van der Waals surface area contributed by atoms with E-state index < -0.39 is 0 Å². The van der Waals surface area contributed by atoms with Gasteiger partial charge in [0.15, 0.2) is 0 Å². The molecule has 0 aliphatic carbocycles. The summed E-state index contributed by atoms with van der Waals surface area (Å²) in [6, 6.07) is 7.66. The Hall–Kier alpha value is -1.55. The Morgan fingerprint density at radius 1 is 1.28 bits per heavy atom. The molecule has 1 aromatic carbocycles. The maximum absolute atomic E-state index is 11.3. The van der Waals surface area contributed by atoms with Crippen LogP contribution < -0.4 is 0 Å². The third-order valence-corrected chi connectivity index (χ3v) is 3.66. The minimum absolute atomic E-state index is 0.152. The molecule has 1 heterocycles. The molecule has 98 valence electrons. The highest BCUT2D eigenvalue weighted by molar-refractivity contribution is 5.73. The average molecular weight is 248 g/mol. The number of carbonyl (C=O) groups is 1. The number of aromatic hydroxyl groups is 1. The Morgan fingerprint density at radius 3 is 2.50 bits per heavy atom. The molecule has 1 unspecified atom stereocenters. The molecule has 1 atom stereocenters. The van der Waals surface area contributed by atoms with E-state index in [0.717, 1.165) is 31.7 Å². The molecule has 1 N–H and O–H groups in total. The summed E-state index contributed by atoms with van der Waals surface area (Å²) in [7, 11) is 0. The first kappa shape index (κ1) is 12.9. The van der Waals surface area contributed by atoms with E-state index in [1.54, 1.807) is 13.0 Å². The molecule has 0 bridgehead atoms. The molecule has 1 aliphatic heterocycles. The Kier molecular flexibility index (Phi) is 3.87. The summed E-state index contributed by atoms with van der Waals surface area (Å²) in [4.78, 5) is 15.5. The zero-order valence-electron chi connectivity index (χ0n) is 11.0. The molecule has 1 fully saturated rings. The standard InChI is InChI=1S/C14H20N2O2/c1-11(13-4-3-5-14(18)10-13)15-6-8-16(9-7-15)12(2)17/h3-5,10-11,18H,6-9H2,1-2H3. The van der Waals surface area contributed by atoms with Crippen LogP contribution in [0.25, 0.3) is 0 Å². The van der Waals surface area contributed by atoms with Crippen LogP contribution in [-0.4, -0.2) is 47.0 Å². The first-order valence-electron chi connectivity index (χ1n) is 6.36. The van der Waals surface area contributed by atoms with Crippen LogP contribution in [0.15, 0.2) is 24.3 Å². The summed E-state index contributed by atoms with van der Waals surface area (Å²) in [5.74, 6) is 0.460. The fourth-order valence-electron chi connectivity index (χ4n) is 2.42. The lowest BCUT2D eigenvalue weighted by molar-refractivity contribution is -0.130. The molecular weight excluding hydrogens is 228 g/mol. The zero-order chi connectivity index (χ0) is 13.1. The van der Waals surface area contributed by atoms with Crippen molar-refractivity contribution in [3.05, 3.63) is 29.8 Å². The summed E-state index contributed by atoms with van der Waals surface area (Å²) in [5, 5.41) is 9.50. The maximum atomic E-state index is 11.3. The van der Waals surface area contributed by atoms with Crippen molar-refractivity contribution in [1.29, 1.82) is 0 Å². The van der Waals surface area contributed by atoms with Crippen LogP contribution in [0.1, 0.15) is 25.5 Å². The monoisotopic (exact) mass is 248 g/mol. The molecule has 18 heavy (non-hydrogen) atoms. The van der Waals surface area contributed by atoms with Crippen molar-refractivity contribution in [1.82, 2.24) is 9.80 Å². The normalized spacial score (nSPS) is 18.7. The number of nitrogens with zero attached hydrogens (tertiary/aromatic N) is 2. The fraction of sp³-hybridized carbons (Fsp3) is 0.500. The molecule has 1 aliphatic rings. The number of hydrogen-bond donors (Lipinski definition) is 1. The lowest BCUT2D eigenvalue weighted by atomic mass is 10.1. The predicted molar refractivity (Wildman–Crippen MR) is 70.3 cm³/mol. The number of benzene rings is 1. The minimum Gasteiger partial charge on any atom is -0.508 e. The van der Waals surface area contributed by atoms with E-state index in [0.29, 0.717) is 5.75 Å². The van der Waals surface area contributed by atoms with Crippen molar-refractivity contribution in [2.24, 2.45) is 0 Å². The quantitative estimate of drug-likeness (QED) is 0.865. The molecule has 4 heteroatoms. The van der Waals surface area contributed by atoms with Gasteiger partial charge in [0, 0.05) is 39.1 Å². The summed E-state index contributed by atoms with van der Waals surface area (Å²) < 4.78 is 0. The molecule has 0 aromatic heterocycles. The van der Waals surface area contributed by atoms with Crippen LogP contribution in [0.4, 0.5) is 0 Å². The Morgan fingerprint density at radius 2 is 1.94 bits per heavy atom. The maximum Gasteiger partial charge on any atom is 0.219 e. The first-order valence-corrected chi connectivity index (χ1v) is 6.36. The van der Waals surface area contributed by atoms with E-state index in [1.807, 2.05) is 23.1 Å². The summed E-state index contributed by atoms with van der Waals surface area (Å²) in [5.41, 5.74) is 1.12. The third kappa shape index (κ3) is 2.82. The number of hydrogen-bond acceptors (Lipinski definition) is 3. The minimum atomic E-state index is 0.152. The van der Waals surface area contributed by atoms with E-state index >= 15 is 0 Å². The number of rotatable bonds is 2. The predicted octanol–water partition coefficient (Wildman–Crippen LogP) is 1.62. The first-order chi connectivity index (χ1) is 8.58. The van der Waals surface area contributed by atoms with Crippen molar-refractivity contribution in [3.8, 4) is 5.75 Å². The number of piperazine rings is 1. The third-order valence-electron chi connectivity index (χ3n) is 3.66. The van der Waals surface area contributed by atoms with Crippen LogP contribution in [0.3, 0.4) is 0 Å². The van der Waals surface area contributed by atoms with Gasteiger partial charge in [-0.05, 0) is 24.6 Å². The topological polar surface area (TPSA) is 43.8 Å². The van der Waals surface area contributed by atoms with Crippen LogP contribution in [0.5, 0.6) is 5.75 Å². The molecule has 1 aromatic rings. The zero-order valence-corrected chi connectivity index (χ0v) is 11.0. The lowest BCUT2D eigenvalue weighted by Gasteiger charge is -2.37. The molecule has 0 spiro atoms. The second-order valence-electron chi connectivity index (χ2n) is 4.81. The Bertz CT molecular complexity index is 426. The van der Waals surface area contributed by atoms with Crippen LogP contribution in [0.2, 0.25) is 0 Å². The lowest BCUT2D eigenvalue weighted by Crippen LogP contribution is -2.48. The number of phenols is 1. The number of carbonyl (C=O) groups excluding carboxylic acids is 1. The van der Waals surface area contributed by atoms with Crippen LogP contribution in [-0.2, 0) is 4.79 Å².